The van der Waals surface area contributed by atoms with Gasteiger partial charge >= 0.3 is 12.0 Å². The SMILES string of the molecule is COc1nc(OC2CC3C(=O)NC4(C(=O)NS(=O)(=O)C5CC5)CC4C=CCCCCCNC(=O)N3C2)cc(-c2ccccc2)n1. The first-order valence-corrected chi connectivity index (χ1v) is 17.0. The lowest BCUT2D eigenvalue weighted by Crippen LogP contribution is -2.57. The van der Waals surface area contributed by atoms with Crippen LogP contribution < -0.4 is 24.8 Å². The number of ether oxygens (including phenoxy) is 2. The number of benzene rings is 1. The van der Waals surface area contributed by atoms with E-state index in [1.807, 2.05) is 42.5 Å². The number of carbonyl (C=O) groups is 3. The van der Waals surface area contributed by atoms with Gasteiger partial charge in [-0.2, -0.15) is 9.97 Å². The van der Waals surface area contributed by atoms with Crippen LogP contribution in [-0.4, -0.2) is 84.3 Å². The van der Waals surface area contributed by atoms with Crippen molar-refractivity contribution < 1.29 is 32.3 Å². The summed E-state index contributed by atoms with van der Waals surface area (Å²) in [7, 11) is -2.37. The number of methoxy groups -OCH3 is 1. The molecule has 240 valence electrons. The average molecular weight is 639 g/mol. The Labute approximate surface area is 262 Å². The molecule has 0 spiro atoms. The molecule has 2 aromatic rings. The molecule has 3 heterocycles. The van der Waals surface area contributed by atoms with Gasteiger partial charge in [0.2, 0.25) is 21.8 Å². The Balaban J connectivity index is 1.24. The Morgan fingerprint density at radius 3 is 2.67 bits per heavy atom. The largest absolute Gasteiger partial charge is 0.472 e. The molecule has 4 atom stereocenters. The summed E-state index contributed by atoms with van der Waals surface area (Å²) >= 11 is 0. The Morgan fingerprint density at radius 2 is 1.91 bits per heavy atom. The molecule has 0 radical (unpaired) electrons. The Hall–Kier alpha value is -4.20. The van der Waals surface area contributed by atoms with Crippen LogP contribution >= 0.6 is 0 Å². The molecular formula is C31H38N6O7S. The van der Waals surface area contributed by atoms with Gasteiger partial charge in [-0.25, -0.2) is 13.2 Å². The zero-order valence-corrected chi connectivity index (χ0v) is 25.9. The minimum absolute atomic E-state index is 0.0928. The number of urea groups is 1. The molecule has 3 N–H and O–H groups in total. The number of carbonyl (C=O) groups excluding carboxylic acids is 3. The fourth-order valence-corrected chi connectivity index (χ4v) is 7.29. The van der Waals surface area contributed by atoms with Crippen molar-refractivity contribution in [2.24, 2.45) is 5.92 Å². The van der Waals surface area contributed by atoms with Gasteiger partial charge in [0.15, 0.2) is 0 Å². The molecule has 4 aliphatic rings. The van der Waals surface area contributed by atoms with E-state index in [0.717, 1.165) is 31.2 Å². The van der Waals surface area contributed by atoms with Crippen molar-refractivity contribution >= 4 is 27.9 Å². The van der Waals surface area contributed by atoms with E-state index >= 15 is 0 Å². The number of nitrogens with zero attached hydrogens (tertiary/aromatic N) is 3. The zero-order valence-electron chi connectivity index (χ0n) is 25.1. The van der Waals surface area contributed by atoms with Gasteiger partial charge in [0.05, 0.1) is 24.6 Å². The molecule has 0 bridgehead atoms. The topological polar surface area (TPSA) is 169 Å². The number of aromatic nitrogens is 2. The molecule has 1 aromatic carbocycles. The lowest BCUT2D eigenvalue weighted by atomic mass is 10.1. The second-order valence-electron chi connectivity index (χ2n) is 12.0. The van der Waals surface area contributed by atoms with Crippen molar-refractivity contribution in [2.75, 3.05) is 20.2 Å². The van der Waals surface area contributed by atoms with Crippen molar-refractivity contribution in [3.05, 3.63) is 48.6 Å². The van der Waals surface area contributed by atoms with Crippen LogP contribution in [0.2, 0.25) is 0 Å². The number of hydrogen-bond donors (Lipinski definition) is 3. The summed E-state index contributed by atoms with van der Waals surface area (Å²) in [4.78, 5) is 50.8. The number of sulfonamides is 1. The molecule has 2 aliphatic carbocycles. The first-order chi connectivity index (χ1) is 21.7. The number of allylic oxidation sites excluding steroid dienone is 1. The summed E-state index contributed by atoms with van der Waals surface area (Å²) in [6.45, 7) is 0.548. The molecule has 4 amide bonds. The molecule has 4 unspecified atom stereocenters. The monoisotopic (exact) mass is 638 g/mol. The van der Waals surface area contributed by atoms with Gasteiger partial charge in [0.25, 0.3) is 5.91 Å². The van der Waals surface area contributed by atoms with E-state index in [1.54, 1.807) is 6.07 Å². The number of rotatable bonds is 7. The minimum Gasteiger partial charge on any atom is -0.472 e. The van der Waals surface area contributed by atoms with E-state index in [0.29, 0.717) is 25.1 Å². The van der Waals surface area contributed by atoms with Crippen LogP contribution in [0.25, 0.3) is 11.3 Å². The molecule has 2 aliphatic heterocycles. The molecule has 14 heteroatoms. The Kier molecular flexibility index (Phi) is 8.67. The molecule has 6 rings (SSSR count). The first-order valence-electron chi connectivity index (χ1n) is 15.4. The molecule has 13 nitrogen and oxygen atoms in total. The van der Waals surface area contributed by atoms with Crippen molar-refractivity contribution in [2.45, 2.75) is 74.3 Å². The van der Waals surface area contributed by atoms with Crippen LogP contribution in [0.5, 0.6) is 11.9 Å². The second-order valence-corrected chi connectivity index (χ2v) is 14.0. The van der Waals surface area contributed by atoms with Crippen molar-refractivity contribution in [1.29, 1.82) is 0 Å². The van der Waals surface area contributed by atoms with Gasteiger partial charge in [-0.1, -0.05) is 48.9 Å². The molecule has 2 saturated carbocycles. The summed E-state index contributed by atoms with van der Waals surface area (Å²) in [5.41, 5.74) is 0.00503. The summed E-state index contributed by atoms with van der Waals surface area (Å²) in [6, 6.07) is 9.87. The highest BCUT2D eigenvalue weighted by Gasteiger charge is 2.62. The number of fused-ring (bicyclic) bond motifs is 2. The summed E-state index contributed by atoms with van der Waals surface area (Å²) in [6.07, 6.45) is 8.02. The molecule has 1 saturated heterocycles. The maximum Gasteiger partial charge on any atom is 0.320 e. The van der Waals surface area contributed by atoms with Crippen molar-refractivity contribution in [1.82, 2.24) is 30.2 Å². The van der Waals surface area contributed by atoms with Crippen LogP contribution in [0.15, 0.2) is 48.6 Å². The molecule has 1 aromatic heterocycles. The fraction of sp³-hybridized carbons (Fsp3) is 0.516. The lowest BCUT2D eigenvalue weighted by molar-refractivity contribution is -0.131. The van der Waals surface area contributed by atoms with Gasteiger partial charge in [-0.15, -0.1) is 0 Å². The first kappa shape index (κ1) is 30.8. The van der Waals surface area contributed by atoms with Gasteiger partial charge in [0.1, 0.15) is 17.7 Å². The average Bonchev–Trinajstić information content (AvgIpc) is 3.95. The van der Waals surface area contributed by atoms with Crippen LogP contribution in [0.3, 0.4) is 0 Å². The van der Waals surface area contributed by atoms with Crippen molar-refractivity contribution in [3.63, 3.8) is 0 Å². The number of nitrogens with one attached hydrogen (secondary N) is 3. The highest BCUT2D eigenvalue weighted by molar-refractivity contribution is 7.91. The van der Waals surface area contributed by atoms with Crippen LogP contribution in [0.1, 0.15) is 51.4 Å². The van der Waals surface area contributed by atoms with Crippen LogP contribution in [0, 0.1) is 5.92 Å². The molecular weight excluding hydrogens is 600 g/mol. The van der Waals surface area contributed by atoms with Gasteiger partial charge in [-0.05, 0) is 38.5 Å². The minimum atomic E-state index is -3.82. The standard InChI is InChI=1S/C31H38N6O7S/c1-43-29-33-24(20-10-6-5-7-11-20)17-26(34-29)44-22-16-25-27(38)35-31(28(39)36-45(41,42)23-13-14-23)18-21(31)12-8-3-2-4-9-15-32-30(40)37(25)19-22/h5-8,10-12,17,21-23,25H,2-4,9,13-16,18-19H2,1H3,(H,32,40)(H,35,38)(H,36,39). The highest BCUT2D eigenvalue weighted by atomic mass is 32.2. The predicted molar refractivity (Wildman–Crippen MR) is 164 cm³/mol. The molecule has 3 fully saturated rings. The summed E-state index contributed by atoms with van der Waals surface area (Å²) < 4.78 is 39.0. The maximum atomic E-state index is 13.9. The summed E-state index contributed by atoms with van der Waals surface area (Å²) in [5, 5.41) is 5.18. The smallest absolute Gasteiger partial charge is 0.320 e. The fourth-order valence-electron chi connectivity index (χ4n) is 5.93. The van der Waals surface area contributed by atoms with E-state index in [-0.39, 0.29) is 37.2 Å². The molecule has 45 heavy (non-hydrogen) atoms. The normalized spacial score (nSPS) is 27.1. The second kappa shape index (κ2) is 12.7. The van der Waals surface area contributed by atoms with Gasteiger partial charge in [0, 0.05) is 30.5 Å². The van der Waals surface area contributed by atoms with E-state index in [2.05, 4.69) is 25.3 Å². The van der Waals surface area contributed by atoms with Gasteiger partial charge in [-0.3, -0.25) is 14.3 Å². The highest BCUT2D eigenvalue weighted by Crippen LogP contribution is 2.46. The Morgan fingerprint density at radius 1 is 1.11 bits per heavy atom. The van der Waals surface area contributed by atoms with Gasteiger partial charge < -0.3 is 25.0 Å². The Bertz CT molecular complexity index is 1580. The summed E-state index contributed by atoms with van der Waals surface area (Å²) in [5.74, 6) is -1.43. The third-order valence-corrected chi connectivity index (χ3v) is 10.5. The van der Waals surface area contributed by atoms with E-state index in [1.165, 1.54) is 12.0 Å². The number of amides is 4. The van der Waals surface area contributed by atoms with Crippen LogP contribution in [-0.2, 0) is 19.6 Å². The maximum absolute atomic E-state index is 13.9. The van der Waals surface area contributed by atoms with E-state index in [9.17, 15) is 22.8 Å². The van der Waals surface area contributed by atoms with E-state index < -0.39 is 50.8 Å². The third kappa shape index (κ3) is 6.90. The van der Waals surface area contributed by atoms with Crippen LogP contribution in [0.4, 0.5) is 4.79 Å². The lowest BCUT2D eigenvalue weighted by Gasteiger charge is -2.26. The predicted octanol–water partition coefficient (Wildman–Crippen LogP) is 2.30. The van der Waals surface area contributed by atoms with Crippen molar-refractivity contribution in [3.8, 4) is 23.1 Å². The van der Waals surface area contributed by atoms with E-state index in [4.69, 9.17) is 9.47 Å². The quantitative estimate of drug-likeness (QED) is 0.385. The zero-order chi connectivity index (χ0) is 31.6. The number of hydrogen-bond acceptors (Lipinski definition) is 9. The third-order valence-electron chi connectivity index (χ3n) is 8.70.